The second-order valence-corrected chi connectivity index (χ2v) is 6.72. The number of carboxylic acids is 1. The molecule has 2 aromatic carbocycles. The van der Waals surface area contributed by atoms with E-state index in [0.29, 0.717) is 24.0 Å². The van der Waals surface area contributed by atoms with Gasteiger partial charge in [0.15, 0.2) is 0 Å². The maximum atomic E-state index is 13.2. The van der Waals surface area contributed by atoms with E-state index in [1.165, 1.54) is 24.3 Å². The first-order valence-electron chi connectivity index (χ1n) is 8.43. The number of carbonyl (C=O) groups is 2. The van der Waals surface area contributed by atoms with Crippen LogP contribution in [0.2, 0.25) is 0 Å². The standard InChI is InChI=1S/C20H19F2NO3/c21-15-6-2-13(3-7-15)18(14-4-8-16(22)9-5-14)23-17(24)12-20(19(25)26)10-1-11-20/h2-9,18H,1,10-12H2,(H,23,24)(H,25,26). The van der Waals surface area contributed by atoms with Gasteiger partial charge in [0.25, 0.3) is 0 Å². The van der Waals surface area contributed by atoms with Crippen molar-refractivity contribution >= 4 is 11.9 Å². The molecule has 1 aliphatic carbocycles. The van der Waals surface area contributed by atoms with Crippen LogP contribution in [0.5, 0.6) is 0 Å². The molecule has 0 aromatic heterocycles. The van der Waals surface area contributed by atoms with Crippen molar-refractivity contribution in [3.8, 4) is 0 Å². The number of rotatable bonds is 6. The Balaban J connectivity index is 1.83. The molecule has 0 spiro atoms. The number of aliphatic carboxylic acids is 1. The number of halogens is 2. The minimum absolute atomic E-state index is 0.110. The van der Waals surface area contributed by atoms with Gasteiger partial charge in [-0.1, -0.05) is 30.7 Å². The van der Waals surface area contributed by atoms with Crippen molar-refractivity contribution in [2.24, 2.45) is 5.41 Å². The molecule has 3 rings (SSSR count). The van der Waals surface area contributed by atoms with Crippen molar-refractivity contribution < 1.29 is 23.5 Å². The minimum Gasteiger partial charge on any atom is -0.481 e. The topological polar surface area (TPSA) is 66.4 Å². The van der Waals surface area contributed by atoms with Gasteiger partial charge in [0.1, 0.15) is 11.6 Å². The number of carbonyl (C=O) groups excluding carboxylic acids is 1. The highest BCUT2D eigenvalue weighted by atomic mass is 19.1. The molecule has 136 valence electrons. The molecule has 6 heteroatoms. The summed E-state index contributed by atoms with van der Waals surface area (Å²) in [7, 11) is 0. The highest BCUT2D eigenvalue weighted by Crippen LogP contribution is 2.44. The zero-order valence-electron chi connectivity index (χ0n) is 14.0. The van der Waals surface area contributed by atoms with E-state index in [0.717, 1.165) is 6.42 Å². The van der Waals surface area contributed by atoms with E-state index in [4.69, 9.17) is 0 Å². The summed E-state index contributed by atoms with van der Waals surface area (Å²) in [4.78, 5) is 24.0. The molecular formula is C20H19F2NO3. The Kier molecular flexibility index (Phi) is 5.02. The van der Waals surface area contributed by atoms with Gasteiger partial charge < -0.3 is 10.4 Å². The maximum absolute atomic E-state index is 13.2. The Labute approximate surface area is 149 Å². The van der Waals surface area contributed by atoms with Crippen molar-refractivity contribution in [3.63, 3.8) is 0 Å². The van der Waals surface area contributed by atoms with Gasteiger partial charge in [0.05, 0.1) is 11.5 Å². The molecule has 0 unspecified atom stereocenters. The Morgan fingerprint density at radius 2 is 1.42 bits per heavy atom. The van der Waals surface area contributed by atoms with Crippen LogP contribution < -0.4 is 5.32 Å². The molecule has 1 saturated carbocycles. The molecule has 1 aliphatic rings. The summed E-state index contributed by atoms with van der Waals surface area (Å²) in [5, 5.41) is 12.2. The molecule has 0 atom stereocenters. The summed E-state index contributed by atoms with van der Waals surface area (Å²) < 4.78 is 26.5. The Morgan fingerprint density at radius 3 is 1.77 bits per heavy atom. The largest absolute Gasteiger partial charge is 0.481 e. The van der Waals surface area contributed by atoms with E-state index < -0.39 is 35.0 Å². The van der Waals surface area contributed by atoms with Crippen molar-refractivity contribution in [2.75, 3.05) is 0 Å². The van der Waals surface area contributed by atoms with Gasteiger partial charge in [-0.05, 0) is 48.2 Å². The first-order valence-corrected chi connectivity index (χ1v) is 8.43. The SMILES string of the molecule is O=C(CC1(C(=O)O)CCC1)NC(c1ccc(F)cc1)c1ccc(F)cc1. The molecular weight excluding hydrogens is 340 g/mol. The third-order valence-corrected chi connectivity index (χ3v) is 4.98. The summed E-state index contributed by atoms with van der Waals surface area (Å²) >= 11 is 0. The highest BCUT2D eigenvalue weighted by Gasteiger charge is 2.46. The highest BCUT2D eigenvalue weighted by molar-refractivity contribution is 5.86. The van der Waals surface area contributed by atoms with Crippen LogP contribution in [0.25, 0.3) is 0 Å². The predicted octanol–water partition coefficient (Wildman–Crippen LogP) is 3.82. The monoisotopic (exact) mass is 359 g/mol. The number of amides is 1. The number of hydrogen-bond donors (Lipinski definition) is 2. The van der Waals surface area contributed by atoms with Gasteiger partial charge in [0.2, 0.25) is 5.91 Å². The second-order valence-electron chi connectivity index (χ2n) is 6.72. The van der Waals surface area contributed by atoms with E-state index in [1.54, 1.807) is 24.3 Å². The fourth-order valence-corrected chi connectivity index (χ4v) is 3.26. The van der Waals surface area contributed by atoms with E-state index in [2.05, 4.69) is 5.32 Å². The molecule has 26 heavy (non-hydrogen) atoms. The van der Waals surface area contributed by atoms with Crippen molar-refractivity contribution in [3.05, 3.63) is 71.3 Å². The number of carboxylic acid groups (broad SMARTS) is 1. The average Bonchev–Trinajstić information content (AvgIpc) is 2.57. The molecule has 4 nitrogen and oxygen atoms in total. The predicted molar refractivity (Wildman–Crippen MR) is 91.3 cm³/mol. The average molecular weight is 359 g/mol. The molecule has 0 radical (unpaired) electrons. The molecule has 0 bridgehead atoms. The molecule has 1 amide bonds. The van der Waals surface area contributed by atoms with Crippen molar-refractivity contribution in [2.45, 2.75) is 31.7 Å². The third-order valence-electron chi connectivity index (χ3n) is 4.98. The van der Waals surface area contributed by atoms with Crippen molar-refractivity contribution in [1.29, 1.82) is 0 Å². The number of nitrogens with one attached hydrogen (secondary N) is 1. The maximum Gasteiger partial charge on any atom is 0.310 e. The third kappa shape index (κ3) is 3.74. The summed E-state index contributed by atoms with van der Waals surface area (Å²) in [6, 6.07) is 10.7. The van der Waals surface area contributed by atoms with Crippen LogP contribution in [0.4, 0.5) is 8.78 Å². The van der Waals surface area contributed by atoms with Crippen LogP contribution in [-0.4, -0.2) is 17.0 Å². The van der Waals surface area contributed by atoms with Crippen molar-refractivity contribution in [1.82, 2.24) is 5.32 Å². The number of benzene rings is 2. The molecule has 2 N–H and O–H groups in total. The summed E-state index contributed by atoms with van der Waals surface area (Å²) in [6.45, 7) is 0. The summed E-state index contributed by atoms with van der Waals surface area (Å²) in [5.74, 6) is -2.17. The molecule has 0 saturated heterocycles. The zero-order chi connectivity index (χ0) is 18.7. The van der Waals surface area contributed by atoms with Crippen LogP contribution in [-0.2, 0) is 9.59 Å². The van der Waals surface area contributed by atoms with Crippen LogP contribution in [0, 0.1) is 17.0 Å². The van der Waals surface area contributed by atoms with Crippen LogP contribution >= 0.6 is 0 Å². The minimum atomic E-state index is -1.000. The second kappa shape index (κ2) is 7.23. The van der Waals surface area contributed by atoms with Gasteiger partial charge in [-0.15, -0.1) is 0 Å². The van der Waals surface area contributed by atoms with Crippen LogP contribution in [0.15, 0.2) is 48.5 Å². The van der Waals surface area contributed by atoms with Crippen LogP contribution in [0.1, 0.15) is 42.9 Å². The summed E-state index contributed by atoms with van der Waals surface area (Å²) in [5.41, 5.74) is 0.258. The fourth-order valence-electron chi connectivity index (χ4n) is 3.26. The first kappa shape index (κ1) is 18.0. The van der Waals surface area contributed by atoms with Gasteiger partial charge in [-0.2, -0.15) is 0 Å². The molecule has 1 fully saturated rings. The Hall–Kier alpha value is -2.76. The van der Waals surface area contributed by atoms with Crippen LogP contribution in [0.3, 0.4) is 0 Å². The lowest BCUT2D eigenvalue weighted by atomic mass is 9.66. The normalized spacial score (nSPS) is 15.3. The quantitative estimate of drug-likeness (QED) is 0.824. The molecule has 0 aliphatic heterocycles. The van der Waals surface area contributed by atoms with Gasteiger partial charge in [-0.3, -0.25) is 9.59 Å². The van der Waals surface area contributed by atoms with E-state index in [-0.39, 0.29) is 6.42 Å². The van der Waals surface area contributed by atoms with E-state index >= 15 is 0 Å². The Bertz CT molecular complexity index is 753. The number of hydrogen-bond acceptors (Lipinski definition) is 2. The smallest absolute Gasteiger partial charge is 0.310 e. The lowest BCUT2D eigenvalue weighted by Crippen LogP contribution is -2.43. The lowest BCUT2D eigenvalue weighted by Gasteiger charge is -2.37. The first-order chi connectivity index (χ1) is 12.4. The van der Waals surface area contributed by atoms with E-state index in [9.17, 15) is 23.5 Å². The molecule has 2 aromatic rings. The fraction of sp³-hybridized carbons (Fsp3) is 0.300. The summed E-state index contributed by atoms with van der Waals surface area (Å²) in [6.07, 6.45) is 1.64. The van der Waals surface area contributed by atoms with Gasteiger partial charge in [-0.25, -0.2) is 8.78 Å². The zero-order valence-corrected chi connectivity index (χ0v) is 14.0. The molecule has 0 heterocycles. The van der Waals surface area contributed by atoms with Gasteiger partial charge in [0, 0.05) is 6.42 Å². The Morgan fingerprint density at radius 1 is 0.962 bits per heavy atom. The lowest BCUT2D eigenvalue weighted by molar-refractivity contribution is -0.157. The van der Waals surface area contributed by atoms with E-state index in [1.807, 2.05) is 0 Å². The van der Waals surface area contributed by atoms with Gasteiger partial charge >= 0.3 is 5.97 Å².